The summed E-state index contributed by atoms with van der Waals surface area (Å²) in [5.74, 6) is 7.88. The lowest BCUT2D eigenvalue weighted by Gasteiger charge is -2.25. The number of rotatable bonds is 5. The molecule has 0 bridgehead atoms. The van der Waals surface area contributed by atoms with Gasteiger partial charge in [-0.05, 0) is 57.1 Å². The van der Waals surface area contributed by atoms with Crippen LogP contribution < -0.4 is 11.0 Å². The minimum absolute atomic E-state index is 0.0449. The van der Waals surface area contributed by atoms with Gasteiger partial charge < -0.3 is 5.11 Å². The molecular formula is C21H22FN3O6S. The molecule has 1 heterocycles. The molecule has 0 spiro atoms. The van der Waals surface area contributed by atoms with Gasteiger partial charge in [0.15, 0.2) is 14.6 Å². The number of carbonyl (C=O) groups is 1. The predicted molar refractivity (Wildman–Crippen MR) is 115 cm³/mol. The van der Waals surface area contributed by atoms with Crippen molar-refractivity contribution in [3.63, 3.8) is 0 Å². The Hall–Kier alpha value is -3.25. The van der Waals surface area contributed by atoms with Gasteiger partial charge in [-0.15, -0.1) is 0 Å². The highest BCUT2D eigenvalue weighted by atomic mass is 32.2. The molecule has 1 aromatic heterocycles. The van der Waals surface area contributed by atoms with Gasteiger partial charge in [0.25, 0.3) is 11.5 Å². The number of sulfone groups is 1. The lowest BCUT2D eigenvalue weighted by molar-refractivity contribution is -0.131. The molecule has 1 atom stereocenters. The van der Waals surface area contributed by atoms with Gasteiger partial charge in [0, 0.05) is 12.8 Å². The number of aromatic nitrogens is 2. The predicted octanol–water partition coefficient (Wildman–Crippen LogP) is 0.360. The second-order valence-electron chi connectivity index (χ2n) is 7.85. The molecular weight excluding hydrogens is 441 g/mol. The molecule has 9 nitrogen and oxygen atoms in total. The number of halogens is 1. The zero-order chi connectivity index (χ0) is 24.3. The quantitative estimate of drug-likeness (QED) is 0.331. The largest absolute Gasteiger partial charge is 0.378 e. The number of hydrogen-bond acceptors (Lipinski definition) is 7. The normalized spacial score (nSPS) is 13.3. The Morgan fingerprint density at radius 2 is 1.94 bits per heavy atom. The molecule has 0 aliphatic heterocycles. The van der Waals surface area contributed by atoms with Crippen LogP contribution in [0.4, 0.5) is 4.39 Å². The van der Waals surface area contributed by atoms with Crippen molar-refractivity contribution in [2.75, 3.05) is 6.26 Å². The van der Waals surface area contributed by atoms with Gasteiger partial charge in [-0.25, -0.2) is 23.3 Å². The molecule has 2 aromatic rings. The molecule has 2 rings (SSSR count). The zero-order valence-corrected chi connectivity index (χ0v) is 18.7. The average molecular weight is 463 g/mol. The fourth-order valence-corrected chi connectivity index (χ4v) is 3.48. The van der Waals surface area contributed by atoms with Crippen molar-refractivity contribution in [2.24, 2.45) is 0 Å². The van der Waals surface area contributed by atoms with Crippen molar-refractivity contribution in [1.82, 2.24) is 15.0 Å². The van der Waals surface area contributed by atoms with Crippen LogP contribution in [0.1, 0.15) is 32.8 Å². The Labute approximate surface area is 184 Å². The average Bonchev–Trinajstić information content (AvgIpc) is 2.69. The van der Waals surface area contributed by atoms with Gasteiger partial charge in [0.05, 0.1) is 22.8 Å². The summed E-state index contributed by atoms with van der Waals surface area (Å²) in [7, 11) is -3.94. The van der Waals surface area contributed by atoms with Crippen LogP contribution in [0.2, 0.25) is 0 Å². The lowest BCUT2D eigenvalue weighted by Crippen LogP contribution is -2.50. The monoisotopic (exact) mass is 463 g/mol. The van der Waals surface area contributed by atoms with E-state index in [-0.39, 0.29) is 29.4 Å². The number of nitrogens with one attached hydrogen (secondary N) is 1. The van der Waals surface area contributed by atoms with Gasteiger partial charge in [-0.1, -0.05) is 5.92 Å². The van der Waals surface area contributed by atoms with Crippen LogP contribution in [0.25, 0.3) is 10.9 Å². The van der Waals surface area contributed by atoms with E-state index in [0.717, 1.165) is 30.1 Å². The van der Waals surface area contributed by atoms with Gasteiger partial charge in [0.1, 0.15) is 11.4 Å². The fraction of sp³-hybridized carbons (Fsp3) is 0.381. The topological polar surface area (TPSA) is 139 Å². The molecule has 0 aliphatic carbocycles. The Morgan fingerprint density at radius 1 is 1.28 bits per heavy atom. The molecule has 1 aromatic carbocycles. The van der Waals surface area contributed by atoms with E-state index in [9.17, 15) is 27.5 Å². The van der Waals surface area contributed by atoms with E-state index in [0.29, 0.717) is 0 Å². The summed E-state index contributed by atoms with van der Waals surface area (Å²) in [6.45, 7) is 3.84. The van der Waals surface area contributed by atoms with Crippen molar-refractivity contribution in [3.05, 3.63) is 40.2 Å². The number of aryl methyl sites for hydroxylation is 1. The summed E-state index contributed by atoms with van der Waals surface area (Å²) in [5.41, 5.74) is -0.443. The molecule has 0 fully saturated rings. The highest BCUT2D eigenvalue weighted by molar-refractivity contribution is 7.92. The number of nitrogens with zero attached hydrogens (tertiary/aromatic N) is 2. The third kappa shape index (κ3) is 5.51. The molecule has 0 aliphatic rings. The van der Waals surface area contributed by atoms with E-state index < -0.39 is 37.5 Å². The summed E-state index contributed by atoms with van der Waals surface area (Å²) in [5, 5.41) is 18.3. The van der Waals surface area contributed by atoms with Crippen molar-refractivity contribution >= 4 is 26.6 Å². The number of fused-ring (bicyclic) bond motifs is 1. The van der Waals surface area contributed by atoms with Crippen LogP contribution in [0.3, 0.4) is 0 Å². The van der Waals surface area contributed by atoms with Crippen LogP contribution in [-0.4, -0.2) is 50.8 Å². The second kappa shape index (κ2) is 9.09. The molecule has 0 saturated heterocycles. The first kappa shape index (κ1) is 25.0. The van der Waals surface area contributed by atoms with E-state index in [4.69, 9.17) is 5.21 Å². The van der Waals surface area contributed by atoms with Crippen LogP contribution >= 0.6 is 0 Å². The third-order valence-corrected chi connectivity index (χ3v) is 6.80. The summed E-state index contributed by atoms with van der Waals surface area (Å²) in [4.78, 5) is 28.7. The first-order valence-corrected chi connectivity index (χ1v) is 11.2. The van der Waals surface area contributed by atoms with E-state index in [2.05, 4.69) is 28.7 Å². The number of amides is 1. The first-order chi connectivity index (χ1) is 14.7. The van der Waals surface area contributed by atoms with E-state index >= 15 is 0 Å². The van der Waals surface area contributed by atoms with Crippen molar-refractivity contribution in [3.8, 4) is 23.7 Å². The van der Waals surface area contributed by atoms with Crippen molar-refractivity contribution < 1.29 is 27.9 Å². The minimum atomic E-state index is -3.94. The lowest BCUT2D eigenvalue weighted by atomic mass is 10.1. The van der Waals surface area contributed by atoms with Crippen LogP contribution in [0.15, 0.2) is 23.3 Å². The van der Waals surface area contributed by atoms with Gasteiger partial charge in [-0.3, -0.25) is 19.4 Å². The minimum Gasteiger partial charge on any atom is -0.378 e. The number of aliphatic hydroxyl groups is 1. The molecule has 0 radical (unpaired) electrons. The van der Waals surface area contributed by atoms with Gasteiger partial charge >= 0.3 is 0 Å². The molecule has 1 amide bonds. The van der Waals surface area contributed by atoms with Crippen LogP contribution in [0, 0.1) is 29.5 Å². The molecule has 1 unspecified atom stereocenters. The summed E-state index contributed by atoms with van der Waals surface area (Å²) < 4.78 is 37.6. The van der Waals surface area contributed by atoms with Crippen molar-refractivity contribution in [1.29, 1.82) is 0 Å². The van der Waals surface area contributed by atoms with Crippen LogP contribution in [0.5, 0.6) is 0 Å². The maximum atomic E-state index is 14.4. The van der Waals surface area contributed by atoms with E-state index in [1.165, 1.54) is 25.4 Å². The number of benzene rings is 1. The molecule has 3 N–H and O–H groups in total. The fourth-order valence-electron chi connectivity index (χ4n) is 2.64. The third-order valence-electron chi connectivity index (χ3n) is 4.77. The second-order valence-corrected chi connectivity index (χ2v) is 10.3. The molecule has 0 saturated carbocycles. The smallest absolute Gasteiger partial charge is 0.264 e. The van der Waals surface area contributed by atoms with E-state index in [1.54, 1.807) is 0 Å². The maximum absolute atomic E-state index is 14.4. The Balaban J connectivity index is 2.42. The Kier molecular flexibility index (Phi) is 7.10. The van der Waals surface area contributed by atoms with Gasteiger partial charge in [-0.2, -0.15) is 0 Å². The highest BCUT2D eigenvalue weighted by Crippen LogP contribution is 2.22. The van der Waals surface area contributed by atoms with Crippen molar-refractivity contribution in [2.45, 2.75) is 44.1 Å². The molecule has 32 heavy (non-hydrogen) atoms. The van der Waals surface area contributed by atoms with Gasteiger partial charge in [0.2, 0.25) is 0 Å². The van der Waals surface area contributed by atoms with E-state index in [1.807, 2.05) is 0 Å². The molecule has 11 heteroatoms. The first-order valence-electron chi connectivity index (χ1n) is 9.28. The number of carbonyl (C=O) groups excluding carboxylic acids is 1. The summed E-state index contributed by atoms with van der Waals surface area (Å²) >= 11 is 0. The zero-order valence-electron chi connectivity index (χ0n) is 17.9. The standard InChI is InChI=1S/C21H22FN3O6S/c1-20(2,28)8-6-5-7-14-11-17-15(12-16(14)22)18(26)25(13-23-17)10-9-21(3,19(27)24-29)32(4,30)31/h11-13,28-29H,9-10H2,1-4H3,(H,24,27). The molecule has 170 valence electrons. The number of hydroxylamine groups is 1. The maximum Gasteiger partial charge on any atom is 0.264 e. The Bertz CT molecular complexity index is 1350. The summed E-state index contributed by atoms with van der Waals surface area (Å²) in [6, 6.07) is 2.24. The number of hydrogen-bond donors (Lipinski definition) is 3. The highest BCUT2D eigenvalue weighted by Gasteiger charge is 2.43. The van der Waals surface area contributed by atoms with Crippen LogP contribution in [-0.2, 0) is 21.2 Å². The SMILES string of the molecule is CC(C)(O)C#CC#Cc1cc2ncn(CCC(C)(C(=O)NO)S(C)(=O)=O)c(=O)c2cc1F. The summed E-state index contributed by atoms with van der Waals surface area (Å²) in [6.07, 6.45) is 1.65. The Morgan fingerprint density at radius 3 is 2.50 bits per heavy atom.